The molecular formula is C11H20N4OS. The van der Waals surface area contributed by atoms with Crippen molar-refractivity contribution in [3.63, 3.8) is 0 Å². The van der Waals surface area contributed by atoms with Crippen LogP contribution in [0.25, 0.3) is 0 Å². The quantitative estimate of drug-likeness (QED) is 0.830. The summed E-state index contributed by atoms with van der Waals surface area (Å²) in [5, 5.41) is 7.06. The summed E-state index contributed by atoms with van der Waals surface area (Å²) in [6.07, 6.45) is 3.00. The topological polar surface area (TPSA) is 72.9 Å². The van der Waals surface area contributed by atoms with E-state index in [4.69, 9.17) is 5.73 Å². The van der Waals surface area contributed by atoms with Crippen LogP contribution in [0.5, 0.6) is 0 Å². The summed E-state index contributed by atoms with van der Waals surface area (Å²) in [4.78, 5) is 12.0. The van der Waals surface area contributed by atoms with Crippen molar-refractivity contribution in [2.45, 2.75) is 26.3 Å². The number of nitrogens with two attached hydrogens (primary N) is 1. The van der Waals surface area contributed by atoms with E-state index in [1.807, 2.05) is 6.92 Å². The second-order valence-electron chi connectivity index (χ2n) is 4.13. The molecule has 0 saturated carbocycles. The molecule has 6 heteroatoms. The largest absolute Gasteiger partial charge is 0.395 e. The maximum atomic E-state index is 12.0. The molecule has 1 heterocycles. The molecular weight excluding hydrogens is 236 g/mol. The van der Waals surface area contributed by atoms with E-state index in [9.17, 15) is 4.79 Å². The zero-order valence-corrected chi connectivity index (χ0v) is 11.6. The Bertz CT molecular complexity index is 402. The van der Waals surface area contributed by atoms with E-state index in [1.165, 1.54) is 4.68 Å². The Balaban J connectivity index is 2.70. The van der Waals surface area contributed by atoms with Gasteiger partial charge in [0.1, 0.15) is 5.69 Å². The third-order valence-corrected chi connectivity index (χ3v) is 3.26. The highest BCUT2D eigenvalue weighted by molar-refractivity contribution is 7.98. The van der Waals surface area contributed by atoms with Gasteiger partial charge in [-0.2, -0.15) is 16.9 Å². The second-order valence-corrected chi connectivity index (χ2v) is 5.11. The van der Waals surface area contributed by atoms with Crippen molar-refractivity contribution in [1.82, 2.24) is 15.1 Å². The zero-order chi connectivity index (χ0) is 13.0. The number of hydrogen-bond donors (Lipinski definition) is 2. The standard InChI is InChI=1S/C11H20N4OS/c1-7(5-6-17-4)13-11(16)10-9(12)8(2)14-15(10)3/h7H,5-6,12H2,1-4H3,(H,13,16). The molecule has 0 aromatic carbocycles. The van der Waals surface area contributed by atoms with Gasteiger partial charge in [0, 0.05) is 13.1 Å². The van der Waals surface area contributed by atoms with Crippen molar-refractivity contribution in [3.05, 3.63) is 11.4 Å². The average Bonchev–Trinajstić information content (AvgIpc) is 2.50. The van der Waals surface area contributed by atoms with Crippen LogP contribution in [0.1, 0.15) is 29.5 Å². The highest BCUT2D eigenvalue weighted by atomic mass is 32.2. The van der Waals surface area contributed by atoms with E-state index in [0.29, 0.717) is 17.1 Å². The van der Waals surface area contributed by atoms with Gasteiger partial charge in [-0.25, -0.2) is 0 Å². The van der Waals surface area contributed by atoms with E-state index >= 15 is 0 Å². The molecule has 0 fully saturated rings. The molecule has 1 atom stereocenters. The van der Waals surface area contributed by atoms with Gasteiger partial charge in [-0.05, 0) is 32.3 Å². The minimum atomic E-state index is -0.154. The van der Waals surface area contributed by atoms with Crippen LogP contribution in [0, 0.1) is 6.92 Å². The summed E-state index contributed by atoms with van der Waals surface area (Å²) < 4.78 is 1.53. The first-order chi connectivity index (χ1) is 7.97. The van der Waals surface area contributed by atoms with Crippen LogP contribution >= 0.6 is 11.8 Å². The lowest BCUT2D eigenvalue weighted by Crippen LogP contribution is -2.34. The smallest absolute Gasteiger partial charge is 0.271 e. The van der Waals surface area contributed by atoms with Crippen molar-refractivity contribution < 1.29 is 4.79 Å². The van der Waals surface area contributed by atoms with Crippen molar-refractivity contribution in [2.24, 2.45) is 7.05 Å². The van der Waals surface area contributed by atoms with Crippen LogP contribution in [-0.4, -0.2) is 33.7 Å². The first kappa shape index (κ1) is 13.9. The van der Waals surface area contributed by atoms with Crippen LogP contribution in [0.4, 0.5) is 5.69 Å². The lowest BCUT2D eigenvalue weighted by molar-refractivity contribution is 0.0931. The van der Waals surface area contributed by atoms with E-state index in [0.717, 1.165) is 12.2 Å². The summed E-state index contributed by atoms with van der Waals surface area (Å²) in [5.74, 6) is 0.876. The van der Waals surface area contributed by atoms with Gasteiger partial charge in [0.25, 0.3) is 5.91 Å². The Morgan fingerprint density at radius 3 is 2.76 bits per heavy atom. The van der Waals surface area contributed by atoms with E-state index in [2.05, 4.69) is 16.7 Å². The van der Waals surface area contributed by atoms with Crippen LogP contribution in [0.15, 0.2) is 0 Å². The van der Waals surface area contributed by atoms with Crippen molar-refractivity contribution in [2.75, 3.05) is 17.7 Å². The van der Waals surface area contributed by atoms with Crippen molar-refractivity contribution in [1.29, 1.82) is 0 Å². The number of anilines is 1. The van der Waals surface area contributed by atoms with Gasteiger partial charge in [0.05, 0.1) is 11.4 Å². The molecule has 3 N–H and O–H groups in total. The Hall–Kier alpha value is -1.17. The molecule has 1 aromatic rings. The maximum absolute atomic E-state index is 12.0. The first-order valence-electron chi connectivity index (χ1n) is 5.56. The van der Waals surface area contributed by atoms with E-state index < -0.39 is 0 Å². The third kappa shape index (κ3) is 3.39. The van der Waals surface area contributed by atoms with Crippen molar-refractivity contribution >= 4 is 23.4 Å². The van der Waals surface area contributed by atoms with E-state index in [-0.39, 0.29) is 11.9 Å². The molecule has 1 rings (SSSR count). The number of nitrogens with zero attached hydrogens (tertiary/aromatic N) is 2. The molecule has 0 aliphatic carbocycles. The van der Waals surface area contributed by atoms with Crippen LogP contribution in [0.3, 0.4) is 0 Å². The molecule has 1 unspecified atom stereocenters. The molecule has 0 bridgehead atoms. The summed E-state index contributed by atoms with van der Waals surface area (Å²) in [6.45, 7) is 3.79. The minimum Gasteiger partial charge on any atom is -0.395 e. The van der Waals surface area contributed by atoms with Gasteiger partial charge in [-0.15, -0.1) is 0 Å². The molecule has 17 heavy (non-hydrogen) atoms. The van der Waals surface area contributed by atoms with Gasteiger partial charge >= 0.3 is 0 Å². The van der Waals surface area contributed by atoms with E-state index in [1.54, 1.807) is 25.7 Å². The number of nitrogen functional groups attached to an aromatic ring is 1. The highest BCUT2D eigenvalue weighted by Crippen LogP contribution is 2.15. The van der Waals surface area contributed by atoms with Crippen LogP contribution < -0.4 is 11.1 Å². The zero-order valence-electron chi connectivity index (χ0n) is 10.8. The normalized spacial score (nSPS) is 12.5. The number of aryl methyl sites for hydroxylation is 2. The number of hydrogen-bond acceptors (Lipinski definition) is 4. The predicted octanol–water partition coefficient (Wildman–Crippen LogP) is 1.18. The first-order valence-corrected chi connectivity index (χ1v) is 6.95. The molecule has 1 aromatic heterocycles. The summed E-state index contributed by atoms with van der Waals surface area (Å²) >= 11 is 1.77. The van der Waals surface area contributed by atoms with Crippen molar-refractivity contribution in [3.8, 4) is 0 Å². The molecule has 96 valence electrons. The van der Waals surface area contributed by atoms with Gasteiger partial charge < -0.3 is 11.1 Å². The lowest BCUT2D eigenvalue weighted by atomic mass is 10.2. The molecule has 0 spiro atoms. The number of nitrogens with one attached hydrogen (secondary N) is 1. The highest BCUT2D eigenvalue weighted by Gasteiger charge is 2.19. The number of carbonyl (C=O) groups is 1. The SMILES string of the molecule is CSCCC(C)NC(=O)c1c(N)c(C)nn1C. The maximum Gasteiger partial charge on any atom is 0.271 e. The molecule has 1 amide bonds. The number of thioether (sulfide) groups is 1. The molecule has 0 saturated heterocycles. The fraction of sp³-hybridized carbons (Fsp3) is 0.636. The Morgan fingerprint density at radius 1 is 1.65 bits per heavy atom. The van der Waals surface area contributed by atoms with Gasteiger partial charge in [0.15, 0.2) is 0 Å². The summed E-state index contributed by atoms with van der Waals surface area (Å²) in [7, 11) is 1.73. The van der Waals surface area contributed by atoms with Gasteiger partial charge in [0.2, 0.25) is 0 Å². The average molecular weight is 256 g/mol. The third-order valence-electron chi connectivity index (χ3n) is 2.62. The second kappa shape index (κ2) is 5.95. The fourth-order valence-corrected chi connectivity index (χ4v) is 2.19. The van der Waals surface area contributed by atoms with Crippen LogP contribution in [0.2, 0.25) is 0 Å². The number of aromatic nitrogens is 2. The predicted molar refractivity (Wildman–Crippen MR) is 72.3 cm³/mol. The molecule has 0 aliphatic heterocycles. The molecule has 0 aliphatic rings. The monoisotopic (exact) mass is 256 g/mol. The number of carbonyl (C=O) groups excluding carboxylic acids is 1. The van der Waals surface area contributed by atoms with Gasteiger partial charge in [-0.3, -0.25) is 9.48 Å². The summed E-state index contributed by atoms with van der Waals surface area (Å²) in [6, 6.07) is 0.143. The number of amides is 1. The summed E-state index contributed by atoms with van der Waals surface area (Å²) in [5.41, 5.74) is 7.42. The van der Waals surface area contributed by atoms with Crippen LogP contribution in [-0.2, 0) is 7.05 Å². The van der Waals surface area contributed by atoms with Gasteiger partial charge in [-0.1, -0.05) is 0 Å². The minimum absolute atomic E-state index is 0.143. The lowest BCUT2D eigenvalue weighted by Gasteiger charge is -2.13. The Labute approximate surface area is 106 Å². The molecule has 0 radical (unpaired) electrons. The molecule has 5 nitrogen and oxygen atoms in total. The fourth-order valence-electron chi connectivity index (χ4n) is 1.60. The Kier molecular flexibility index (Phi) is 4.86. The number of rotatable bonds is 5. The Morgan fingerprint density at radius 2 is 2.29 bits per heavy atom.